The number of ether oxygens (including phenoxy) is 1. The Hall–Kier alpha value is -2.29. The minimum atomic E-state index is -4.38. The molecule has 0 aliphatic carbocycles. The van der Waals surface area contributed by atoms with Gasteiger partial charge in [0.15, 0.2) is 0 Å². The van der Waals surface area contributed by atoms with Crippen LogP contribution >= 0.6 is 0 Å². The fraction of sp³-hybridized carbons (Fsp3) is 0.529. The van der Waals surface area contributed by atoms with E-state index in [1.54, 1.807) is 0 Å². The lowest BCUT2D eigenvalue weighted by Gasteiger charge is -2.29. The highest BCUT2D eigenvalue weighted by Gasteiger charge is 2.30. The van der Waals surface area contributed by atoms with Crippen molar-refractivity contribution in [1.29, 1.82) is 0 Å². The van der Waals surface area contributed by atoms with Crippen molar-refractivity contribution in [3.05, 3.63) is 29.8 Å². The van der Waals surface area contributed by atoms with Gasteiger partial charge in [-0.2, -0.15) is 13.2 Å². The van der Waals surface area contributed by atoms with Crippen molar-refractivity contribution >= 4 is 11.9 Å². The zero-order chi connectivity index (χ0) is 19.2. The van der Waals surface area contributed by atoms with Crippen molar-refractivity contribution in [3.8, 4) is 5.75 Å². The second kappa shape index (κ2) is 8.88. The summed E-state index contributed by atoms with van der Waals surface area (Å²) in [5.41, 5.74) is -0.746. The third-order valence-corrected chi connectivity index (χ3v) is 4.18. The number of carbonyl (C=O) groups excluding carboxylic acids is 1. The molecule has 0 unspecified atom stereocenters. The average Bonchev–Trinajstić information content (AvgIpc) is 2.59. The summed E-state index contributed by atoms with van der Waals surface area (Å²) in [7, 11) is 0. The second-order valence-corrected chi connectivity index (χ2v) is 6.11. The van der Waals surface area contributed by atoms with Gasteiger partial charge in [-0.25, -0.2) is 0 Å². The van der Waals surface area contributed by atoms with Crippen LogP contribution in [-0.4, -0.2) is 54.7 Å². The Kier molecular flexibility index (Phi) is 6.84. The molecular formula is C17H21F3N2O4. The SMILES string of the molecule is O=C(CN1CCC(C(=O)O)CC1)NCCOc1ccc(C(F)(F)F)cc1. The molecule has 144 valence electrons. The van der Waals surface area contributed by atoms with E-state index in [0.29, 0.717) is 31.7 Å². The molecule has 0 radical (unpaired) electrons. The van der Waals surface area contributed by atoms with E-state index >= 15 is 0 Å². The molecule has 26 heavy (non-hydrogen) atoms. The maximum Gasteiger partial charge on any atom is 0.416 e. The van der Waals surface area contributed by atoms with Gasteiger partial charge in [-0.3, -0.25) is 14.5 Å². The summed E-state index contributed by atoms with van der Waals surface area (Å²) >= 11 is 0. The number of carboxylic acids is 1. The first-order valence-electron chi connectivity index (χ1n) is 8.27. The van der Waals surface area contributed by atoms with Crippen molar-refractivity contribution in [1.82, 2.24) is 10.2 Å². The number of carbonyl (C=O) groups is 2. The predicted octanol–water partition coefficient (Wildman–Crippen LogP) is 2.00. The fourth-order valence-corrected chi connectivity index (χ4v) is 2.70. The lowest BCUT2D eigenvalue weighted by atomic mass is 9.97. The number of hydrogen-bond donors (Lipinski definition) is 2. The number of benzene rings is 1. The molecule has 1 aliphatic rings. The Bertz CT molecular complexity index is 611. The van der Waals surface area contributed by atoms with E-state index < -0.39 is 17.7 Å². The summed E-state index contributed by atoms with van der Waals surface area (Å²) < 4.78 is 42.6. The van der Waals surface area contributed by atoms with Gasteiger partial charge in [0, 0.05) is 0 Å². The minimum Gasteiger partial charge on any atom is -0.492 e. The van der Waals surface area contributed by atoms with Crippen LogP contribution in [0.15, 0.2) is 24.3 Å². The van der Waals surface area contributed by atoms with Crippen molar-refractivity contribution < 1.29 is 32.6 Å². The molecule has 1 saturated heterocycles. The molecular weight excluding hydrogens is 353 g/mol. The van der Waals surface area contributed by atoms with Crippen molar-refractivity contribution in [2.75, 3.05) is 32.8 Å². The number of aliphatic carboxylic acids is 1. The molecule has 1 aromatic carbocycles. The molecule has 0 atom stereocenters. The van der Waals surface area contributed by atoms with Crippen LogP contribution in [-0.2, 0) is 15.8 Å². The summed E-state index contributed by atoms with van der Waals surface area (Å²) in [4.78, 5) is 24.6. The minimum absolute atomic E-state index is 0.137. The molecule has 0 spiro atoms. The number of piperidine rings is 1. The first-order chi connectivity index (χ1) is 12.3. The summed E-state index contributed by atoms with van der Waals surface area (Å²) in [6.07, 6.45) is -3.33. The van der Waals surface area contributed by atoms with Gasteiger partial charge in [-0.05, 0) is 50.2 Å². The molecule has 2 rings (SSSR count). The smallest absolute Gasteiger partial charge is 0.416 e. The molecule has 1 amide bonds. The van der Waals surface area contributed by atoms with Crippen molar-refractivity contribution in [2.45, 2.75) is 19.0 Å². The average molecular weight is 374 g/mol. The maximum absolute atomic E-state index is 12.4. The Balaban J connectivity index is 1.62. The van der Waals surface area contributed by atoms with E-state index in [1.165, 1.54) is 12.1 Å². The highest BCUT2D eigenvalue weighted by atomic mass is 19.4. The molecule has 0 saturated carbocycles. The highest BCUT2D eigenvalue weighted by Crippen LogP contribution is 2.30. The van der Waals surface area contributed by atoms with Crippen LogP contribution in [0, 0.1) is 5.92 Å². The third-order valence-electron chi connectivity index (χ3n) is 4.18. The largest absolute Gasteiger partial charge is 0.492 e. The molecule has 6 nitrogen and oxygen atoms in total. The summed E-state index contributed by atoms with van der Waals surface area (Å²) in [5, 5.41) is 11.6. The van der Waals surface area contributed by atoms with Crippen LogP contribution in [0.4, 0.5) is 13.2 Å². The molecule has 1 heterocycles. The third kappa shape index (κ3) is 6.21. The predicted molar refractivity (Wildman–Crippen MR) is 86.7 cm³/mol. The van der Waals surface area contributed by atoms with Crippen LogP contribution < -0.4 is 10.1 Å². The maximum atomic E-state index is 12.4. The number of rotatable bonds is 7. The Morgan fingerprint density at radius 1 is 1.19 bits per heavy atom. The normalized spacial score (nSPS) is 16.3. The molecule has 1 fully saturated rings. The number of alkyl halides is 3. The first kappa shape index (κ1) is 20.0. The van der Waals surface area contributed by atoms with E-state index in [2.05, 4.69) is 5.32 Å². The molecule has 2 N–H and O–H groups in total. The van der Waals surface area contributed by atoms with Gasteiger partial charge in [0.25, 0.3) is 0 Å². The Morgan fingerprint density at radius 2 is 1.81 bits per heavy atom. The zero-order valence-electron chi connectivity index (χ0n) is 14.1. The van der Waals surface area contributed by atoms with Gasteiger partial charge in [-0.1, -0.05) is 0 Å². The number of halogens is 3. The quantitative estimate of drug-likeness (QED) is 0.714. The topological polar surface area (TPSA) is 78.9 Å². The number of nitrogens with one attached hydrogen (secondary N) is 1. The molecule has 0 bridgehead atoms. The number of carboxylic acid groups (broad SMARTS) is 1. The lowest BCUT2D eigenvalue weighted by Crippen LogP contribution is -2.43. The van der Waals surface area contributed by atoms with E-state index in [0.717, 1.165) is 12.1 Å². The van der Waals surface area contributed by atoms with Gasteiger partial charge in [0.05, 0.1) is 24.6 Å². The number of amides is 1. The van der Waals surface area contributed by atoms with Gasteiger partial charge < -0.3 is 15.2 Å². The van der Waals surface area contributed by atoms with Crippen molar-refractivity contribution in [3.63, 3.8) is 0 Å². The van der Waals surface area contributed by atoms with Crippen molar-refractivity contribution in [2.24, 2.45) is 5.92 Å². The summed E-state index contributed by atoms with van der Waals surface area (Å²) in [6, 6.07) is 4.35. The number of likely N-dealkylation sites (tertiary alicyclic amines) is 1. The van der Waals surface area contributed by atoms with Gasteiger partial charge in [0.1, 0.15) is 12.4 Å². The van der Waals surface area contributed by atoms with Gasteiger partial charge >= 0.3 is 12.1 Å². The van der Waals surface area contributed by atoms with E-state index in [4.69, 9.17) is 9.84 Å². The molecule has 1 aliphatic heterocycles. The van der Waals surface area contributed by atoms with Crippen LogP contribution in [0.1, 0.15) is 18.4 Å². The van der Waals surface area contributed by atoms with E-state index in [1.807, 2.05) is 4.90 Å². The zero-order valence-corrected chi connectivity index (χ0v) is 14.1. The standard InChI is InChI=1S/C17H21F3N2O4/c18-17(19,20)13-1-3-14(4-2-13)26-10-7-21-15(23)11-22-8-5-12(6-9-22)16(24)25/h1-4,12H,5-11H2,(H,21,23)(H,24,25). The van der Waals surface area contributed by atoms with Crippen LogP contribution in [0.5, 0.6) is 5.75 Å². The van der Waals surface area contributed by atoms with Gasteiger partial charge in [-0.15, -0.1) is 0 Å². The Morgan fingerprint density at radius 3 is 2.35 bits per heavy atom. The van der Waals surface area contributed by atoms with E-state index in [-0.39, 0.29) is 31.5 Å². The molecule has 0 aromatic heterocycles. The Labute approximate surface area is 148 Å². The number of hydrogen-bond acceptors (Lipinski definition) is 4. The lowest BCUT2D eigenvalue weighted by molar-refractivity contribution is -0.143. The molecule has 1 aromatic rings. The second-order valence-electron chi connectivity index (χ2n) is 6.11. The summed E-state index contributed by atoms with van der Waals surface area (Å²) in [6.45, 7) is 1.68. The van der Waals surface area contributed by atoms with Crippen LogP contribution in [0.2, 0.25) is 0 Å². The van der Waals surface area contributed by atoms with E-state index in [9.17, 15) is 22.8 Å². The molecule has 9 heteroatoms. The number of nitrogens with zero attached hydrogens (tertiary/aromatic N) is 1. The first-order valence-corrected chi connectivity index (χ1v) is 8.27. The summed E-state index contributed by atoms with van der Waals surface area (Å²) in [5.74, 6) is -1.04. The highest BCUT2D eigenvalue weighted by molar-refractivity contribution is 5.78. The van der Waals surface area contributed by atoms with Gasteiger partial charge in [0.2, 0.25) is 5.91 Å². The fourth-order valence-electron chi connectivity index (χ4n) is 2.70. The van der Waals surface area contributed by atoms with Crippen LogP contribution in [0.25, 0.3) is 0 Å². The monoisotopic (exact) mass is 374 g/mol. The van der Waals surface area contributed by atoms with Crippen LogP contribution in [0.3, 0.4) is 0 Å².